The van der Waals surface area contributed by atoms with Crippen LogP contribution in [0.1, 0.15) is 22.4 Å². The first-order valence-electron chi connectivity index (χ1n) is 6.29. The second-order valence-electron chi connectivity index (χ2n) is 4.65. The molecule has 3 nitrogen and oxygen atoms in total. The third kappa shape index (κ3) is 2.29. The molecule has 2 aromatic rings. The summed E-state index contributed by atoms with van der Waals surface area (Å²) in [5.74, 6) is 0.904. The molecular formula is C15H14N2OS. The predicted octanol–water partition coefficient (Wildman–Crippen LogP) is 3.14. The molecule has 0 amide bonds. The Balaban J connectivity index is 1.78. The van der Waals surface area contributed by atoms with Gasteiger partial charge in [0.15, 0.2) is 0 Å². The second kappa shape index (κ2) is 4.94. The fraction of sp³-hybridized carbons (Fsp3) is 0.267. The van der Waals surface area contributed by atoms with Crippen molar-refractivity contribution in [3.8, 4) is 11.8 Å². The number of para-hydroxylation sites is 1. The fourth-order valence-corrected chi connectivity index (χ4v) is 3.62. The lowest BCUT2D eigenvalue weighted by Gasteiger charge is -2.23. The van der Waals surface area contributed by atoms with Gasteiger partial charge in [0.05, 0.1) is 5.56 Å². The largest absolute Gasteiger partial charge is 0.490 e. The Hall–Kier alpha value is -1.99. The van der Waals surface area contributed by atoms with Crippen LogP contribution in [0.25, 0.3) is 0 Å². The molecule has 3 rings (SSSR count). The number of rotatable bonds is 2. The molecule has 0 bridgehead atoms. The van der Waals surface area contributed by atoms with Gasteiger partial charge in [-0.3, -0.25) is 0 Å². The first-order chi connectivity index (χ1) is 9.28. The van der Waals surface area contributed by atoms with Crippen molar-refractivity contribution in [2.75, 3.05) is 5.73 Å². The smallest absolute Gasteiger partial charge is 0.119 e. The summed E-state index contributed by atoms with van der Waals surface area (Å²) in [5.41, 5.74) is 7.70. The molecule has 0 saturated carbocycles. The molecule has 1 aliphatic rings. The SMILES string of the molecule is N#Cc1c(N)sc2c1CCC(Oc1ccccc1)C2. The van der Waals surface area contributed by atoms with Crippen molar-refractivity contribution in [1.82, 2.24) is 0 Å². The lowest BCUT2D eigenvalue weighted by Crippen LogP contribution is -2.24. The van der Waals surface area contributed by atoms with E-state index in [2.05, 4.69) is 6.07 Å². The molecule has 1 aliphatic carbocycles. The monoisotopic (exact) mass is 270 g/mol. The van der Waals surface area contributed by atoms with Crippen LogP contribution in [0.15, 0.2) is 30.3 Å². The van der Waals surface area contributed by atoms with E-state index in [-0.39, 0.29) is 6.10 Å². The summed E-state index contributed by atoms with van der Waals surface area (Å²) >= 11 is 1.53. The average molecular weight is 270 g/mol. The Morgan fingerprint density at radius 1 is 1.32 bits per heavy atom. The van der Waals surface area contributed by atoms with E-state index in [1.807, 2.05) is 30.3 Å². The Morgan fingerprint density at radius 2 is 2.11 bits per heavy atom. The fourth-order valence-electron chi connectivity index (χ4n) is 2.49. The van der Waals surface area contributed by atoms with Gasteiger partial charge in [0.1, 0.15) is 22.9 Å². The summed E-state index contributed by atoms with van der Waals surface area (Å²) in [7, 11) is 0. The lowest BCUT2D eigenvalue weighted by atomic mass is 9.94. The highest BCUT2D eigenvalue weighted by Crippen LogP contribution is 2.36. The van der Waals surface area contributed by atoms with Gasteiger partial charge < -0.3 is 10.5 Å². The summed E-state index contributed by atoms with van der Waals surface area (Å²) < 4.78 is 5.98. The maximum absolute atomic E-state index is 9.11. The highest BCUT2D eigenvalue weighted by molar-refractivity contribution is 7.16. The number of fused-ring (bicyclic) bond motifs is 1. The third-order valence-corrected chi connectivity index (χ3v) is 4.49. The van der Waals surface area contributed by atoms with E-state index >= 15 is 0 Å². The van der Waals surface area contributed by atoms with Crippen LogP contribution in [0.2, 0.25) is 0 Å². The van der Waals surface area contributed by atoms with Gasteiger partial charge in [-0.2, -0.15) is 5.26 Å². The zero-order chi connectivity index (χ0) is 13.2. The number of hydrogen-bond acceptors (Lipinski definition) is 4. The first kappa shape index (κ1) is 12.1. The molecule has 0 spiro atoms. The molecule has 2 N–H and O–H groups in total. The second-order valence-corrected chi connectivity index (χ2v) is 5.79. The van der Waals surface area contributed by atoms with Gasteiger partial charge in [-0.05, 0) is 30.5 Å². The van der Waals surface area contributed by atoms with E-state index in [1.165, 1.54) is 16.2 Å². The van der Waals surface area contributed by atoms with E-state index in [0.717, 1.165) is 30.6 Å². The first-order valence-corrected chi connectivity index (χ1v) is 7.11. The van der Waals surface area contributed by atoms with Crippen molar-refractivity contribution >= 4 is 16.3 Å². The highest BCUT2D eigenvalue weighted by atomic mass is 32.1. The van der Waals surface area contributed by atoms with E-state index < -0.39 is 0 Å². The molecule has 4 heteroatoms. The van der Waals surface area contributed by atoms with Gasteiger partial charge >= 0.3 is 0 Å². The molecule has 19 heavy (non-hydrogen) atoms. The van der Waals surface area contributed by atoms with Gasteiger partial charge in [-0.1, -0.05) is 18.2 Å². The van der Waals surface area contributed by atoms with Crippen LogP contribution < -0.4 is 10.5 Å². The number of hydrogen-bond donors (Lipinski definition) is 1. The number of anilines is 1. The molecule has 1 aromatic carbocycles. The van der Waals surface area contributed by atoms with Crippen molar-refractivity contribution in [1.29, 1.82) is 5.26 Å². The maximum atomic E-state index is 9.11. The Kier molecular flexibility index (Phi) is 3.14. The Morgan fingerprint density at radius 3 is 2.84 bits per heavy atom. The normalized spacial score (nSPS) is 17.5. The van der Waals surface area contributed by atoms with Crippen LogP contribution in [0, 0.1) is 11.3 Å². The van der Waals surface area contributed by atoms with Crippen molar-refractivity contribution < 1.29 is 4.74 Å². The number of benzene rings is 1. The van der Waals surface area contributed by atoms with Crippen LogP contribution >= 0.6 is 11.3 Å². The number of nitrogens with two attached hydrogens (primary N) is 1. The lowest BCUT2D eigenvalue weighted by molar-refractivity contribution is 0.186. The Bertz CT molecular complexity index is 628. The number of ether oxygens (including phenoxy) is 1. The quantitative estimate of drug-likeness (QED) is 0.912. The van der Waals surface area contributed by atoms with E-state index in [1.54, 1.807) is 0 Å². The van der Waals surface area contributed by atoms with Crippen molar-refractivity contribution in [3.63, 3.8) is 0 Å². The number of thiophene rings is 1. The zero-order valence-electron chi connectivity index (χ0n) is 10.4. The molecule has 0 fully saturated rings. The standard InChI is InChI=1S/C15H14N2OS/c16-9-13-12-7-6-11(8-14(12)19-15(13)17)18-10-4-2-1-3-5-10/h1-5,11H,6-8,17H2. The van der Waals surface area contributed by atoms with Crippen LogP contribution in [0.5, 0.6) is 5.75 Å². The maximum Gasteiger partial charge on any atom is 0.119 e. The van der Waals surface area contributed by atoms with Crippen molar-refractivity contribution in [2.24, 2.45) is 0 Å². The summed E-state index contributed by atoms with van der Waals surface area (Å²) in [6.07, 6.45) is 2.84. The van der Waals surface area contributed by atoms with Gasteiger partial charge in [0, 0.05) is 11.3 Å². The summed E-state index contributed by atoms with van der Waals surface area (Å²) in [6.45, 7) is 0. The third-order valence-electron chi connectivity index (χ3n) is 3.41. The summed E-state index contributed by atoms with van der Waals surface area (Å²) in [6, 6.07) is 12.1. The predicted molar refractivity (Wildman–Crippen MR) is 76.3 cm³/mol. The van der Waals surface area contributed by atoms with E-state index in [0.29, 0.717) is 10.6 Å². The molecule has 0 aliphatic heterocycles. The molecule has 1 heterocycles. The minimum atomic E-state index is 0.180. The number of nitrogen functional groups attached to an aromatic ring is 1. The van der Waals surface area contributed by atoms with E-state index in [4.69, 9.17) is 15.7 Å². The highest BCUT2D eigenvalue weighted by Gasteiger charge is 2.25. The number of nitriles is 1. The summed E-state index contributed by atoms with van der Waals surface area (Å²) in [4.78, 5) is 1.21. The van der Waals surface area contributed by atoms with E-state index in [9.17, 15) is 0 Å². The van der Waals surface area contributed by atoms with Crippen LogP contribution in [0.4, 0.5) is 5.00 Å². The molecule has 1 unspecified atom stereocenters. The molecule has 0 radical (unpaired) electrons. The average Bonchev–Trinajstić information content (AvgIpc) is 2.74. The van der Waals surface area contributed by atoms with Crippen molar-refractivity contribution in [3.05, 3.63) is 46.3 Å². The van der Waals surface area contributed by atoms with Crippen molar-refractivity contribution in [2.45, 2.75) is 25.4 Å². The topological polar surface area (TPSA) is 59.0 Å². The number of nitrogens with zero attached hydrogens (tertiary/aromatic N) is 1. The van der Waals surface area contributed by atoms with Crippen LogP contribution in [-0.2, 0) is 12.8 Å². The zero-order valence-corrected chi connectivity index (χ0v) is 11.2. The molecule has 1 aromatic heterocycles. The molecular weight excluding hydrogens is 256 g/mol. The van der Waals surface area contributed by atoms with Gasteiger partial charge in [0.2, 0.25) is 0 Å². The summed E-state index contributed by atoms with van der Waals surface area (Å²) in [5, 5.41) is 9.76. The molecule has 1 atom stereocenters. The van der Waals surface area contributed by atoms with Gasteiger partial charge in [-0.15, -0.1) is 11.3 Å². The van der Waals surface area contributed by atoms with Crippen LogP contribution in [-0.4, -0.2) is 6.10 Å². The van der Waals surface area contributed by atoms with Crippen LogP contribution in [0.3, 0.4) is 0 Å². The minimum Gasteiger partial charge on any atom is -0.490 e. The Labute approximate surface area is 116 Å². The minimum absolute atomic E-state index is 0.180. The molecule has 0 saturated heterocycles. The van der Waals surface area contributed by atoms with Gasteiger partial charge in [-0.25, -0.2) is 0 Å². The van der Waals surface area contributed by atoms with Gasteiger partial charge in [0.25, 0.3) is 0 Å². The molecule has 96 valence electrons.